The lowest BCUT2D eigenvalue weighted by Crippen LogP contribution is -2.40. The van der Waals surface area contributed by atoms with E-state index in [1.54, 1.807) is 0 Å². The maximum Gasteiger partial charge on any atom is 0.222 e. The fraction of sp³-hybridized carbons (Fsp3) is 0.611. The Kier molecular flexibility index (Phi) is 9.75. The first-order valence-electron chi connectivity index (χ1n) is 8.66. The van der Waals surface area contributed by atoms with Crippen LogP contribution in [0.3, 0.4) is 0 Å². The monoisotopic (exact) mass is 376 g/mol. The van der Waals surface area contributed by atoms with Crippen LogP contribution in [0.1, 0.15) is 32.6 Å². The number of piperidine rings is 1. The first-order valence-corrected chi connectivity index (χ1v) is 8.66. The number of likely N-dealkylation sites (tertiary alicyclic amines) is 1. The summed E-state index contributed by atoms with van der Waals surface area (Å²) in [6.07, 6.45) is 2.99. The fourth-order valence-corrected chi connectivity index (χ4v) is 2.89. The largest absolute Gasteiger partial charge is 0.491 e. The third-order valence-corrected chi connectivity index (χ3v) is 4.34. The van der Waals surface area contributed by atoms with Crippen molar-refractivity contribution in [2.45, 2.75) is 32.6 Å². The van der Waals surface area contributed by atoms with E-state index in [4.69, 9.17) is 4.74 Å². The molecule has 0 aliphatic carbocycles. The van der Waals surface area contributed by atoms with Gasteiger partial charge in [-0.25, -0.2) is 8.78 Å². The van der Waals surface area contributed by atoms with Crippen LogP contribution in [0.15, 0.2) is 18.2 Å². The van der Waals surface area contributed by atoms with Gasteiger partial charge in [0.05, 0.1) is 6.61 Å². The Balaban J connectivity index is 0.00000312. The molecule has 4 nitrogen and oxygen atoms in total. The van der Waals surface area contributed by atoms with Crippen LogP contribution < -0.4 is 10.1 Å². The molecule has 0 saturated carbocycles. The molecule has 1 N–H and O–H groups in total. The average Bonchev–Trinajstić information content (AvgIpc) is 2.58. The molecule has 0 unspecified atom stereocenters. The summed E-state index contributed by atoms with van der Waals surface area (Å²) in [5.41, 5.74) is 0. The average molecular weight is 377 g/mol. The van der Waals surface area contributed by atoms with E-state index in [0.717, 1.165) is 51.2 Å². The molecule has 2 rings (SSSR count). The molecule has 0 aromatic heterocycles. The van der Waals surface area contributed by atoms with Crippen molar-refractivity contribution in [1.82, 2.24) is 10.2 Å². The molecule has 1 aliphatic rings. The number of benzene rings is 1. The minimum absolute atomic E-state index is 0. The van der Waals surface area contributed by atoms with E-state index < -0.39 is 11.6 Å². The first kappa shape index (κ1) is 21.6. The third kappa shape index (κ3) is 7.16. The molecule has 7 heteroatoms. The molecule has 1 aromatic rings. The number of hydrogen-bond acceptors (Lipinski definition) is 3. The van der Waals surface area contributed by atoms with Crippen molar-refractivity contribution < 1.29 is 18.3 Å². The van der Waals surface area contributed by atoms with Crippen LogP contribution in [0.25, 0.3) is 0 Å². The Hall–Kier alpha value is -1.40. The maximum atomic E-state index is 13.4. The zero-order valence-corrected chi connectivity index (χ0v) is 15.4. The Morgan fingerprint density at radius 2 is 2.04 bits per heavy atom. The molecule has 1 fully saturated rings. The summed E-state index contributed by atoms with van der Waals surface area (Å²) >= 11 is 0. The number of rotatable bonds is 8. The Morgan fingerprint density at radius 3 is 2.68 bits per heavy atom. The zero-order valence-electron chi connectivity index (χ0n) is 14.6. The van der Waals surface area contributed by atoms with E-state index in [-0.39, 0.29) is 30.7 Å². The van der Waals surface area contributed by atoms with Crippen molar-refractivity contribution in [3.8, 4) is 5.75 Å². The van der Waals surface area contributed by atoms with Crippen molar-refractivity contribution in [1.29, 1.82) is 0 Å². The SMILES string of the molecule is CCNCC1CCN(C(=O)CCCOc2ccc(F)cc2F)CC1.Cl. The van der Waals surface area contributed by atoms with E-state index in [0.29, 0.717) is 18.8 Å². The molecule has 1 amide bonds. The second-order valence-corrected chi connectivity index (χ2v) is 6.16. The summed E-state index contributed by atoms with van der Waals surface area (Å²) in [7, 11) is 0. The summed E-state index contributed by atoms with van der Waals surface area (Å²) in [5.74, 6) is -0.552. The van der Waals surface area contributed by atoms with Crippen LogP contribution in [0, 0.1) is 17.6 Å². The van der Waals surface area contributed by atoms with Gasteiger partial charge in [0.2, 0.25) is 5.91 Å². The number of hydrogen-bond donors (Lipinski definition) is 1. The Morgan fingerprint density at radius 1 is 1.32 bits per heavy atom. The molecule has 0 bridgehead atoms. The van der Waals surface area contributed by atoms with Gasteiger partial charge in [0.15, 0.2) is 11.6 Å². The van der Waals surface area contributed by atoms with E-state index in [2.05, 4.69) is 12.2 Å². The Bertz CT molecular complexity index is 538. The van der Waals surface area contributed by atoms with Gasteiger partial charge in [-0.1, -0.05) is 6.92 Å². The molecule has 142 valence electrons. The third-order valence-electron chi connectivity index (χ3n) is 4.34. The highest BCUT2D eigenvalue weighted by atomic mass is 35.5. The lowest BCUT2D eigenvalue weighted by Gasteiger charge is -2.32. The highest BCUT2D eigenvalue weighted by Gasteiger charge is 2.22. The van der Waals surface area contributed by atoms with Crippen LogP contribution in [0.2, 0.25) is 0 Å². The summed E-state index contributed by atoms with van der Waals surface area (Å²) in [4.78, 5) is 14.1. The predicted molar refractivity (Wildman–Crippen MR) is 96.2 cm³/mol. The van der Waals surface area contributed by atoms with Gasteiger partial charge in [-0.3, -0.25) is 4.79 Å². The van der Waals surface area contributed by atoms with E-state index in [9.17, 15) is 13.6 Å². The van der Waals surface area contributed by atoms with Crippen LogP contribution in [0.5, 0.6) is 5.75 Å². The minimum Gasteiger partial charge on any atom is -0.491 e. The van der Waals surface area contributed by atoms with Crippen LogP contribution in [-0.2, 0) is 4.79 Å². The number of amides is 1. The fourth-order valence-electron chi connectivity index (χ4n) is 2.89. The molecule has 1 heterocycles. The smallest absolute Gasteiger partial charge is 0.222 e. The molecule has 25 heavy (non-hydrogen) atoms. The highest BCUT2D eigenvalue weighted by molar-refractivity contribution is 5.85. The highest BCUT2D eigenvalue weighted by Crippen LogP contribution is 2.19. The summed E-state index contributed by atoms with van der Waals surface area (Å²) in [5, 5.41) is 3.35. The van der Waals surface area contributed by atoms with Gasteiger partial charge >= 0.3 is 0 Å². The van der Waals surface area contributed by atoms with Gasteiger partial charge < -0.3 is 15.0 Å². The van der Waals surface area contributed by atoms with Gasteiger partial charge in [-0.2, -0.15) is 0 Å². The van der Waals surface area contributed by atoms with Gasteiger partial charge in [-0.15, -0.1) is 12.4 Å². The number of carbonyl (C=O) groups is 1. The van der Waals surface area contributed by atoms with E-state index in [1.165, 1.54) is 6.07 Å². The molecule has 0 spiro atoms. The molecule has 1 aromatic carbocycles. The summed E-state index contributed by atoms with van der Waals surface area (Å²) in [6, 6.07) is 3.21. The van der Waals surface area contributed by atoms with Crippen LogP contribution in [-0.4, -0.2) is 43.6 Å². The molecule has 1 saturated heterocycles. The normalized spacial score (nSPS) is 14.9. The number of ether oxygens (including phenoxy) is 1. The number of halogens is 3. The quantitative estimate of drug-likeness (QED) is 0.707. The van der Waals surface area contributed by atoms with Gasteiger partial charge in [-0.05, 0) is 50.4 Å². The van der Waals surface area contributed by atoms with Gasteiger partial charge in [0, 0.05) is 25.6 Å². The second kappa shape index (κ2) is 11.3. The van der Waals surface area contributed by atoms with Crippen molar-refractivity contribution in [3.63, 3.8) is 0 Å². The van der Waals surface area contributed by atoms with E-state index >= 15 is 0 Å². The molecule has 0 atom stereocenters. The van der Waals surface area contributed by atoms with E-state index in [1.807, 2.05) is 4.90 Å². The van der Waals surface area contributed by atoms with Gasteiger partial charge in [0.1, 0.15) is 5.82 Å². The van der Waals surface area contributed by atoms with Crippen molar-refractivity contribution in [2.24, 2.45) is 5.92 Å². The molecular formula is C18H27ClF2N2O2. The van der Waals surface area contributed by atoms with Crippen molar-refractivity contribution in [3.05, 3.63) is 29.8 Å². The number of nitrogens with one attached hydrogen (secondary N) is 1. The molecule has 1 aliphatic heterocycles. The van der Waals surface area contributed by atoms with Crippen LogP contribution in [0.4, 0.5) is 8.78 Å². The maximum absolute atomic E-state index is 13.4. The number of carbonyl (C=O) groups excluding carboxylic acids is 1. The van der Waals surface area contributed by atoms with Gasteiger partial charge in [0.25, 0.3) is 0 Å². The lowest BCUT2D eigenvalue weighted by molar-refractivity contribution is -0.132. The second-order valence-electron chi connectivity index (χ2n) is 6.16. The first-order chi connectivity index (χ1) is 11.6. The molecular weight excluding hydrogens is 350 g/mol. The standard InChI is InChI=1S/C18H26F2N2O2.ClH/c1-2-21-13-14-7-9-22(10-8-14)18(23)4-3-11-24-17-6-5-15(19)12-16(17)20;/h5-6,12,14,21H,2-4,7-11,13H2,1H3;1H. The lowest BCUT2D eigenvalue weighted by atomic mass is 9.96. The van der Waals surface area contributed by atoms with Crippen LogP contribution >= 0.6 is 12.4 Å². The summed E-state index contributed by atoms with van der Waals surface area (Å²) in [6.45, 7) is 5.96. The van der Waals surface area contributed by atoms with Crippen molar-refractivity contribution in [2.75, 3.05) is 32.8 Å². The minimum atomic E-state index is -0.718. The Labute approximate surface area is 154 Å². The topological polar surface area (TPSA) is 41.6 Å². The number of nitrogens with zero attached hydrogens (tertiary/aromatic N) is 1. The predicted octanol–water partition coefficient (Wildman–Crippen LogP) is 3.39. The summed E-state index contributed by atoms with van der Waals surface area (Å²) < 4.78 is 31.5. The molecule has 0 radical (unpaired) electrons. The van der Waals surface area contributed by atoms with Crippen molar-refractivity contribution >= 4 is 18.3 Å². The zero-order chi connectivity index (χ0) is 17.4.